The van der Waals surface area contributed by atoms with Gasteiger partial charge in [0, 0.05) is 23.1 Å². The van der Waals surface area contributed by atoms with E-state index in [0.29, 0.717) is 34.3 Å². The average molecular weight is 605 g/mol. The third kappa shape index (κ3) is 7.77. The third-order valence-electron chi connectivity index (χ3n) is 6.50. The van der Waals surface area contributed by atoms with E-state index in [2.05, 4.69) is 5.32 Å². The van der Waals surface area contributed by atoms with Gasteiger partial charge in [0.05, 0.1) is 10.6 Å². The van der Waals surface area contributed by atoms with Crippen molar-refractivity contribution in [1.29, 1.82) is 0 Å². The Labute approximate surface area is 247 Å². The molecule has 3 aromatic rings. The minimum absolute atomic E-state index is 0.000789. The SMILES string of the molecule is CCCNC(=O)[C@@H](CC)N(Cc1ccc(Cl)cc1Cl)C(=O)CN(c1ccc(C)cc1)S(=O)(=O)c1ccc(C)cc1. The van der Waals surface area contributed by atoms with Crippen LogP contribution < -0.4 is 9.62 Å². The third-order valence-corrected chi connectivity index (χ3v) is 8.88. The molecule has 0 aromatic heterocycles. The highest BCUT2D eigenvalue weighted by molar-refractivity contribution is 7.92. The largest absolute Gasteiger partial charge is 0.354 e. The Hall–Kier alpha value is -3.07. The lowest BCUT2D eigenvalue weighted by atomic mass is 10.1. The van der Waals surface area contributed by atoms with Crippen molar-refractivity contribution in [2.24, 2.45) is 0 Å². The van der Waals surface area contributed by atoms with Crippen LogP contribution in [-0.2, 0) is 26.2 Å². The first-order chi connectivity index (χ1) is 19.0. The van der Waals surface area contributed by atoms with Gasteiger partial charge < -0.3 is 10.2 Å². The molecule has 0 radical (unpaired) electrons. The summed E-state index contributed by atoms with van der Waals surface area (Å²) in [6, 6.07) is 17.5. The molecule has 0 aliphatic heterocycles. The second-order valence-electron chi connectivity index (χ2n) is 9.63. The monoisotopic (exact) mass is 603 g/mol. The normalized spacial score (nSPS) is 12.1. The van der Waals surface area contributed by atoms with Gasteiger partial charge in [0.1, 0.15) is 12.6 Å². The summed E-state index contributed by atoms with van der Waals surface area (Å²) in [6.45, 7) is 7.45. The fourth-order valence-corrected chi connectivity index (χ4v) is 6.08. The number of halogens is 2. The first kappa shape index (κ1) is 31.5. The quantitative estimate of drug-likeness (QED) is 0.269. The molecule has 7 nitrogen and oxygen atoms in total. The number of nitrogens with zero attached hydrogens (tertiary/aromatic N) is 2. The molecule has 1 N–H and O–H groups in total. The zero-order valence-corrected chi connectivity index (χ0v) is 25.5. The molecule has 1 atom stereocenters. The second-order valence-corrected chi connectivity index (χ2v) is 12.3. The van der Waals surface area contributed by atoms with E-state index in [1.807, 2.05) is 20.8 Å². The molecule has 40 heavy (non-hydrogen) atoms. The fraction of sp³-hybridized carbons (Fsp3) is 0.333. The number of rotatable bonds is 12. The Morgan fingerprint density at radius 3 is 2.05 bits per heavy atom. The van der Waals surface area contributed by atoms with E-state index in [0.717, 1.165) is 21.9 Å². The predicted molar refractivity (Wildman–Crippen MR) is 161 cm³/mol. The summed E-state index contributed by atoms with van der Waals surface area (Å²) in [6.07, 6.45) is 1.05. The van der Waals surface area contributed by atoms with Gasteiger partial charge in [-0.05, 0) is 68.7 Å². The van der Waals surface area contributed by atoms with Crippen LogP contribution in [0.1, 0.15) is 43.4 Å². The summed E-state index contributed by atoms with van der Waals surface area (Å²) < 4.78 is 28.9. The van der Waals surface area contributed by atoms with Gasteiger partial charge >= 0.3 is 0 Å². The number of hydrogen-bond acceptors (Lipinski definition) is 4. The molecule has 0 bridgehead atoms. The molecule has 0 unspecified atom stereocenters. The Morgan fingerprint density at radius 2 is 1.50 bits per heavy atom. The summed E-state index contributed by atoms with van der Waals surface area (Å²) in [5.41, 5.74) is 2.78. The lowest BCUT2D eigenvalue weighted by molar-refractivity contribution is -0.140. The van der Waals surface area contributed by atoms with Gasteiger partial charge in [0.2, 0.25) is 11.8 Å². The number of amides is 2. The van der Waals surface area contributed by atoms with Crippen molar-refractivity contribution >= 4 is 50.7 Å². The first-order valence-electron chi connectivity index (χ1n) is 13.1. The smallest absolute Gasteiger partial charge is 0.264 e. The number of anilines is 1. The Kier molecular flexibility index (Phi) is 11.0. The van der Waals surface area contributed by atoms with Crippen molar-refractivity contribution < 1.29 is 18.0 Å². The van der Waals surface area contributed by atoms with E-state index < -0.39 is 28.5 Å². The molecule has 0 saturated heterocycles. The zero-order valence-electron chi connectivity index (χ0n) is 23.2. The van der Waals surface area contributed by atoms with E-state index >= 15 is 0 Å². The number of hydrogen-bond donors (Lipinski definition) is 1. The lowest BCUT2D eigenvalue weighted by Crippen LogP contribution is -2.52. The summed E-state index contributed by atoms with van der Waals surface area (Å²) in [7, 11) is -4.12. The summed E-state index contributed by atoms with van der Waals surface area (Å²) in [5.74, 6) is -0.855. The van der Waals surface area contributed by atoms with Crippen LogP contribution in [0.4, 0.5) is 5.69 Å². The second kappa shape index (κ2) is 14.0. The highest BCUT2D eigenvalue weighted by Gasteiger charge is 2.33. The molecule has 0 fully saturated rings. The van der Waals surface area contributed by atoms with Gasteiger partial charge in [-0.2, -0.15) is 0 Å². The molecular formula is C30H35Cl2N3O4S. The van der Waals surface area contributed by atoms with Gasteiger partial charge in [-0.15, -0.1) is 0 Å². The predicted octanol–water partition coefficient (Wildman–Crippen LogP) is 6.14. The fourth-order valence-electron chi connectivity index (χ4n) is 4.20. The maximum absolute atomic E-state index is 14.1. The Morgan fingerprint density at radius 1 is 0.900 bits per heavy atom. The van der Waals surface area contributed by atoms with Gasteiger partial charge in [0.15, 0.2) is 0 Å². The highest BCUT2D eigenvalue weighted by Crippen LogP contribution is 2.27. The molecule has 3 rings (SSSR count). The van der Waals surface area contributed by atoms with E-state index in [1.165, 1.54) is 17.0 Å². The number of benzene rings is 3. The summed E-state index contributed by atoms with van der Waals surface area (Å²) >= 11 is 12.5. The van der Waals surface area contributed by atoms with Crippen molar-refractivity contribution in [3.63, 3.8) is 0 Å². The van der Waals surface area contributed by atoms with Crippen LogP contribution >= 0.6 is 23.2 Å². The Balaban J connectivity index is 2.06. The number of sulfonamides is 1. The average Bonchev–Trinajstić information content (AvgIpc) is 2.92. The van der Waals surface area contributed by atoms with Crippen LogP contribution in [0.15, 0.2) is 71.6 Å². The van der Waals surface area contributed by atoms with Gasteiger partial charge in [-0.25, -0.2) is 8.42 Å². The summed E-state index contributed by atoms with van der Waals surface area (Å²) in [5, 5.41) is 3.65. The maximum atomic E-state index is 14.1. The van der Waals surface area contributed by atoms with Crippen molar-refractivity contribution in [1.82, 2.24) is 10.2 Å². The van der Waals surface area contributed by atoms with Crippen molar-refractivity contribution in [2.75, 3.05) is 17.4 Å². The van der Waals surface area contributed by atoms with Crippen molar-refractivity contribution in [3.05, 3.63) is 93.5 Å². The molecule has 0 saturated carbocycles. The van der Waals surface area contributed by atoms with Gasteiger partial charge in [0.25, 0.3) is 10.0 Å². The molecule has 2 amide bonds. The molecule has 10 heteroatoms. The van der Waals surface area contributed by atoms with Crippen LogP contribution in [0.2, 0.25) is 10.0 Å². The molecular weight excluding hydrogens is 569 g/mol. The number of carbonyl (C=O) groups excluding carboxylic acids is 2. The molecule has 214 valence electrons. The standard InChI is InChI=1S/C30H35Cl2N3O4S/c1-5-17-33-30(37)28(6-2)34(19-23-11-12-24(31)18-27(23)32)29(36)20-35(25-13-7-21(3)8-14-25)40(38,39)26-15-9-22(4)10-16-26/h7-16,18,28H,5-6,17,19-20H2,1-4H3,(H,33,37)/t28-/m1/s1. The lowest BCUT2D eigenvalue weighted by Gasteiger charge is -2.33. The number of aryl methyl sites for hydroxylation is 2. The maximum Gasteiger partial charge on any atom is 0.264 e. The van der Waals surface area contributed by atoms with Gasteiger partial charge in [-0.3, -0.25) is 13.9 Å². The molecule has 0 heterocycles. The van der Waals surface area contributed by atoms with Crippen LogP contribution in [0, 0.1) is 13.8 Å². The molecule has 0 aliphatic carbocycles. The van der Waals surface area contributed by atoms with Crippen LogP contribution in [0.3, 0.4) is 0 Å². The number of nitrogens with one attached hydrogen (secondary N) is 1. The minimum atomic E-state index is -4.12. The van der Waals surface area contributed by atoms with Crippen molar-refractivity contribution in [2.45, 2.75) is 58.0 Å². The van der Waals surface area contributed by atoms with E-state index in [1.54, 1.807) is 61.5 Å². The topological polar surface area (TPSA) is 86.8 Å². The van der Waals surface area contributed by atoms with E-state index in [4.69, 9.17) is 23.2 Å². The Bertz CT molecular complexity index is 1430. The number of carbonyl (C=O) groups is 2. The minimum Gasteiger partial charge on any atom is -0.354 e. The molecule has 3 aromatic carbocycles. The van der Waals surface area contributed by atoms with Gasteiger partial charge in [-0.1, -0.05) is 78.5 Å². The van der Waals surface area contributed by atoms with E-state index in [9.17, 15) is 18.0 Å². The van der Waals surface area contributed by atoms with Crippen molar-refractivity contribution in [3.8, 4) is 0 Å². The van der Waals surface area contributed by atoms with E-state index in [-0.39, 0.29) is 17.3 Å². The first-order valence-corrected chi connectivity index (χ1v) is 15.3. The van der Waals surface area contributed by atoms with Crippen LogP contribution in [0.5, 0.6) is 0 Å². The van der Waals surface area contributed by atoms with Crippen LogP contribution in [-0.4, -0.2) is 44.3 Å². The summed E-state index contributed by atoms with van der Waals surface area (Å²) in [4.78, 5) is 28.7. The van der Waals surface area contributed by atoms with Crippen LogP contribution in [0.25, 0.3) is 0 Å². The molecule has 0 spiro atoms. The highest BCUT2D eigenvalue weighted by atomic mass is 35.5. The zero-order chi connectivity index (χ0) is 29.4. The molecule has 0 aliphatic rings.